The number of sulfonamides is 1. The molecule has 0 radical (unpaired) electrons. The molecule has 0 saturated heterocycles. The van der Waals surface area contributed by atoms with E-state index >= 15 is 0 Å². The number of amides is 1. The zero-order chi connectivity index (χ0) is 24.7. The number of benzene rings is 3. The molecule has 0 saturated carbocycles. The van der Waals surface area contributed by atoms with Crippen LogP contribution in [0.15, 0.2) is 76.7 Å². The van der Waals surface area contributed by atoms with Crippen LogP contribution < -0.4 is 19.2 Å². The summed E-state index contributed by atoms with van der Waals surface area (Å²) in [6.07, 6.45) is 1.32. The number of carbonyl (C=O) groups is 1. The van der Waals surface area contributed by atoms with Crippen molar-refractivity contribution in [1.82, 2.24) is 5.43 Å². The minimum absolute atomic E-state index is 0.0126. The van der Waals surface area contributed by atoms with Crippen molar-refractivity contribution in [3.63, 3.8) is 0 Å². The minimum atomic E-state index is -4.14. The van der Waals surface area contributed by atoms with E-state index in [9.17, 15) is 17.6 Å². The predicted molar refractivity (Wildman–Crippen MR) is 127 cm³/mol. The van der Waals surface area contributed by atoms with E-state index in [4.69, 9.17) is 9.47 Å². The maximum Gasteiger partial charge on any atom is 0.264 e. The third kappa shape index (κ3) is 5.90. The SMILES string of the molecule is COc1ccc(N(CC(=O)N/N=C\c2ccc(F)cc2)S(=O)(=O)c2ccc(C)cc2)c(OC)c1. The third-order valence-corrected chi connectivity index (χ3v) is 6.60. The first kappa shape index (κ1) is 24.7. The van der Waals surface area contributed by atoms with E-state index in [1.165, 1.54) is 69.0 Å². The molecule has 0 bridgehead atoms. The molecule has 0 unspecified atom stereocenters. The van der Waals surface area contributed by atoms with Gasteiger partial charge < -0.3 is 9.47 Å². The predicted octanol–water partition coefficient (Wildman–Crippen LogP) is 3.50. The molecule has 0 aliphatic rings. The maximum absolute atomic E-state index is 13.5. The Morgan fingerprint density at radius 2 is 1.71 bits per heavy atom. The zero-order valence-corrected chi connectivity index (χ0v) is 19.7. The highest BCUT2D eigenvalue weighted by molar-refractivity contribution is 7.92. The van der Waals surface area contributed by atoms with Gasteiger partial charge in [-0.05, 0) is 48.9 Å². The Hall–Kier alpha value is -3.92. The molecule has 3 rings (SSSR count). The molecule has 8 nitrogen and oxygen atoms in total. The second-order valence-electron chi connectivity index (χ2n) is 7.21. The number of carbonyl (C=O) groups excluding carboxylic acids is 1. The van der Waals surface area contributed by atoms with E-state index in [-0.39, 0.29) is 16.3 Å². The van der Waals surface area contributed by atoms with E-state index in [0.717, 1.165) is 9.87 Å². The molecule has 0 aromatic heterocycles. The first-order valence-corrected chi connectivity index (χ1v) is 11.6. The fourth-order valence-corrected chi connectivity index (χ4v) is 4.45. The monoisotopic (exact) mass is 485 g/mol. The van der Waals surface area contributed by atoms with Gasteiger partial charge in [-0.1, -0.05) is 29.8 Å². The van der Waals surface area contributed by atoms with Crippen molar-refractivity contribution in [1.29, 1.82) is 0 Å². The number of anilines is 1. The quantitative estimate of drug-likeness (QED) is 0.370. The number of nitrogens with zero attached hydrogens (tertiary/aromatic N) is 2. The van der Waals surface area contributed by atoms with Crippen molar-refractivity contribution in [2.75, 3.05) is 25.1 Å². The average Bonchev–Trinajstić information content (AvgIpc) is 2.83. The summed E-state index contributed by atoms with van der Waals surface area (Å²) >= 11 is 0. The van der Waals surface area contributed by atoms with Crippen LogP contribution in [0, 0.1) is 12.7 Å². The molecule has 3 aromatic rings. The van der Waals surface area contributed by atoms with E-state index < -0.39 is 28.3 Å². The fourth-order valence-electron chi connectivity index (χ4n) is 3.02. The molecule has 0 heterocycles. The number of hydrogen-bond acceptors (Lipinski definition) is 6. The van der Waals surface area contributed by atoms with E-state index in [1.54, 1.807) is 18.2 Å². The molecule has 34 heavy (non-hydrogen) atoms. The van der Waals surface area contributed by atoms with Crippen molar-refractivity contribution >= 4 is 27.8 Å². The molecule has 0 spiro atoms. The fraction of sp³-hybridized carbons (Fsp3) is 0.167. The van der Waals surface area contributed by atoms with Gasteiger partial charge in [0.25, 0.3) is 15.9 Å². The minimum Gasteiger partial charge on any atom is -0.497 e. The van der Waals surface area contributed by atoms with Crippen LogP contribution in [0.2, 0.25) is 0 Å². The second kappa shape index (κ2) is 10.8. The van der Waals surface area contributed by atoms with E-state index in [1.807, 2.05) is 6.92 Å². The van der Waals surface area contributed by atoms with Crippen LogP contribution in [0.25, 0.3) is 0 Å². The number of hydrazone groups is 1. The van der Waals surface area contributed by atoms with Crippen molar-refractivity contribution < 1.29 is 27.1 Å². The van der Waals surface area contributed by atoms with Crippen molar-refractivity contribution in [2.45, 2.75) is 11.8 Å². The topological polar surface area (TPSA) is 97.3 Å². The maximum atomic E-state index is 13.5. The van der Waals surface area contributed by atoms with Gasteiger partial charge >= 0.3 is 0 Å². The summed E-state index contributed by atoms with van der Waals surface area (Å²) in [5.74, 6) is -0.419. The lowest BCUT2D eigenvalue weighted by Gasteiger charge is -2.25. The normalized spacial score (nSPS) is 11.3. The number of halogens is 1. The van der Waals surface area contributed by atoms with Crippen LogP contribution in [0.4, 0.5) is 10.1 Å². The molecule has 1 N–H and O–H groups in total. The number of hydrogen-bond donors (Lipinski definition) is 1. The molecule has 0 aliphatic heterocycles. The Bertz CT molecular complexity index is 1280. The number of nitrogens with one attached hydrogen (secondary N) is 1. The molecule has 1 amide bonds. The Morgan fingerprint density at radius 3 is 2.32 bits per heavy atom. The van der Waals surface area contributed by atoms with Crippen LogP contribution in [0.5, 0.6) is 11.5 Å². The summed E-state index contributed by atoms with van der Waals surface area (Å²) in [5, 5.41) is 3.83. The third-order valence-electron chi connectivity index (χ3n) is 4.82. The van der Waals surface area contributed by atoms with Gasteiger partial charge in [-0.25, -0.2) is 18.2 Å². The Balaban J connectivity index is 1.92. The molecule has 3 aromatic carbocycles. The lowest BCUT2D eigenvalue weighted by Crippen LogP contribution is -2.39. The molecular weight excluding hydrogens is 461 g/mol. The highest BCUT2D eigenvalue weighted by Gasteiger charge is 2.29. The lowest BCUT2D eigenvalue weighted by molar-refractivity contribution is -0.119. The smallest absolute Gasteiger partial charge is 0.264 e. The first-order valence-electron chi connectivity index (χ1n) is 10.1. The average molecular weight is 486 g/mol. The largest absolute Gasteiger partial charge is 0.497 e. The van der Waals surface area contributed by atoms with Gasteiger partial charge in [-0.2, -0.15) is 5.10 Å². The van der Waals surface area contributed by atoms with Gasteiger partial charge in [-0.3, -0.25) is 9.10 Å². The summed E-state index contributed by atoms with van der Waals surface area (Å²) in [6.45, 7) is 1.27. The van der Waals surface area contributed by atoms with Gasteiger partial charge in [0, 0.05) is 6.07 Å². The van der Waals surface area contributed by atoms with Crippen molar-refractivity contribution in [3.8, 4) is 11.5 Å². The highest BCUT2D eigenvalue weighted by atomic mass is 32.2. The number of ether oxygens (including phenoxy) is 2. The Labute approximate surface area is 197 Å². The molecule has 0 atom stereocenters. The zero-order valence-electron chi connectivity index (χ0n) is 18.9. The van der Waals surface area contributed by atoms with Gasteiger partial charge in [0.15, 0.2) is 0 Å². The van der Waals surface area contributed by atoms with Crippen molar-refractivity contribution in [2.24, 2.45) is 5.10 Å². The lowest BCUT2D eigenvalue weighted by atomic mass is 10.2. The second-order valence-corrected chi connectivity index (χ2v) is 9.07. The highest BCUT2D eigenvalue weighted by Crippen LogP contribution is 2.35. The summed E-state index contributed by atoms with van der Waals surface area (Å²) in [6, 6.07) is 16.4. The molecular formula is C24H24FN3O5S. The van der Waals surface area contributed by atoms with E-state index in [2.05, 4.69) is 10.5 Å². The Kier molecular flexibility index (Phi) is 7.85. The van der Waals surface area contributed by atoms with Gasteiger partial charge in [0.2, 0.25) is 0 Å². The summed E-state index contributed by atoms with van der Waals surface area (Å²) < 4.78 is 51.6. The first-order chi connectivity index (χ1) is 16.2. The van der Waals surface area contributed by atoms with Crippen LogP contribution in [0.3, 0.4) is 0 Å². The molecule has 0 fully saturated rings. The van der Waals surface area contributed by atoms with Crippen LogP contribution >= 0.6 is 0 Å². The summed E-state index contributed by atoms with van der Waals surface area (Å²) in [4.78, 5) is 12.7. The van der Waals surface area contributed by atoms with Crippen LogP contribution in [-0.2, 0) is 14.8 Å². The number of methoxy groups -OCH3 is 2. The standard InChI is InChI=1S/C24H24FN3O5S/c1-17-4-11-21(12-5-17)34(30,31)28(22-13-10-20(32-2)14-23(22)33-3)16-24(29)27-26-15-18-6-8-19(25)9-7-18/h4-15H,16H2,1-3H3,(H,27,29)/b26-15-. The van der Waals surface area contributed by atoms with Crippen LogP contribution in [-0.4, -0.2) is 41.3 Å². The summed E-state index contributed by atoms with van der Waals surface area (Å²) in [7, 11) is -1.28. The molecule has 10 heteroatoms. The van der Waals surface area contributed by atoms with Gasteiger partial charge in [0.05, 0.1) is 31.0 Å². The molecule has 178 valence electrons. The molecule has 0 aliphatic carbocycles. The van der Waals surface area contributed by atoms with Gasteiger partial charge in [-0.15, -0.1) is 0 Å². The Morgan fingerprint density at radius 1 is 1.03 bits per heavy atom. The van der Waals surface area contributed by atoms with Crippen LogP contribution in [0.1, 0.15) is 11.1 Å². The number of aryl methyl sites for hydroxylation is 1. The summed E-state index contributed by atoms with van der Waals surface area (Å²) in [5.41, 5.74) is 3.91. The number of rotatable bonds is 9. The van der Waals surface area contributed by atoms with Crippen molar-refractivity contribution in [3.05, 3.63) is 83.7 Å². The van der Waals surface area contributed by atoms with E-state index in [0.29, 0.717) is 11.3 Å². The van der Waals surface area contributed by atoms with Gasteiger partial charge in [0.1, 0.15) is 23.9 Å².